The molecule has 0 saturated heterocycles. The van der Waals surface area contributed by atoms with E-state index in [2.05, 4.69) is 31.8 Å². The van der Waals surface area contributed by atoms with Crippen LogP contribution in [-0.4, -0.2) is 8.32 Å². The zero-order valence-corrected chi connectivity index (χ0v) is 12.1. The van der Waals surface area contributed by atoms with E-state index in [1.54, 1.807) is 0 Å². The molecule has 0 N–H and O–H groups in total. The Kier molecular flexibility index (Phi) is 12.1. The first-order valence-electron chi connectivity index (χ1n) is 3.54. The van der Waals surface area contributed by atoms with Crippen molar-refractivity contribution < 1.29 is 51.0 Å². The van der Waals surface area contributed by atoms with Crippen LogP contribution < -0.4 is 24.8 Å². The third kappa shape index (κ3) is 9.10. The molecule has 0 saturated carbocycles. The van der Waals surface area contributed by atoms with Gasteiger partial charge in [0.15, 0.2) is 0 Å². The van der Waals surface area contributed by atoms with Crippen LogP contribution in [0.25, 0.3) is 0 Å². The molecular formula is C8H13Cl2OSiTi. The maximum atomic E-state index is 5.66. The molecule has 1 radical (unpaired) electrons. The molecule has 13 heavy (non-hydrogen) atoms. The molecule has 5 heteroatoms. The first-order chi connectivity index (χ1) is 4.58. The molecule has 0 aromatic carbocycles. The van der Waals surface area contributed by atoms with E-state index in [1.807, 2.05) is 6.08 Å². The fraction of sp³-hybridized carbons (Fsp3) is 0.500. The molecule has 0 amide bonds. The minimum atomic E-state index is -1.37. The Balaban J connectivity index is -0.000000333. The molecule has 73 valence electrons. The zero-order valence-electron chi connectivity index (χ0n) is 8.03. The van der Waals surface area contributed by atoms with E-state index in [4.69, 9.17) is 4.43 Å². The van der Waals surface area contributed by atoms with Gasteiger partial charge in [-0.1, -0.05) is 5.76 Å². The Bertz CT molecular complexity index is 187. The van der Waals surface area contributed by atoms with Gasteiger partial charge in [0.2, 0.25) is 8.32 Å². The van der Waals surface area contributed by atoms with Crippen molar-refractivity contribution >= 4 is 8.32 Å². The molecule has 1 rings (SSSR count). The van der Waals surface area contributed by atoms with Crippen LogP contribution in [0.1, 0.15) is 6.42 Å². The van der Waals surface area contributed by atoms with Crippen LogP contribution in [-0.2, 0) is 26.1 Å². The van der Waals surface area contributed by atoms with Gasteiger partial charge in [-0.25, -0.2) is 6.08 Å². The van der Waals surface area contributed by atoms with E-state index < -0.39 is 8.32 Å². The monoisotopic (exact) mass is 271 g/mol. The predicted octanol–water partition coefficient (Wildman–Crippen LogP) is -3.51. The van der Waals surface area contributed by atoms with Crippen molar-refractivity contribution in [2.24, 2.45) is 0 Å². The molecule has 1 aliphatic carbocycles. The van der Waals surface area contributed by atoms with E-state index in [1.165, 1.54) is 0 Å². The molecular weight excluding hydrogens is 259 g/mol. The van der Waals surface area contributed by atoms with Crippen LogP contribution >= 0.6 is 0 Å². The Labute approximate surface area is 109 Å². The number of rotatable bonds is 2. The van der Waals surface area contributed by atoms with Crippen LogP contribution in [0.15, 0.2) is 17.9 Å². The zero-order chi connectivity index (χ0) is 7.61. The van der Waals surface area contributed by atoms with Gasteiger partial charge in [0, 0.05) is 0 Å². The van der Waals surface area contributed by atoms with E-state index >= 15 is 0 Å². The summed E-state index contributed by atoms with van der Waals surface area (Å²) in [6.07, 6.45) is 8.11. The number of hydrogen-bond acceptors (Lipinski definition) is 1. The smallest absolute Gasteiger partial charge is 1.00 e. The van der Waals surface area contributed by atoms with Crippen molar-refractivity contribution in [1.29, 1.82) is 0 Å². The van der Waals surface area contributed by atoms with E-state index in [9.17, 15) is 0 Å². The third-order valence-electron chi connectivity index (χ3n) is 1.08. The van der Waals surface area contributed by atoms with Crippen LogP contribution in [0, 0.1) is 6.08 Å². The molecule has 1 aliphatic rings. The summed E-state index contributed by atoms with van der Waals surface area (Å²) in [6.45, 7) is 6.52. The summed E-state index contributed by atoms with van der Waals surface area (Å²) < 4.78 is 5.66. The van der Waals surface area contributed by atoms with Crippen molar-refractivity contribution in [1.82, 2.24) is 0 Å². The molecule has 0 aliphatic heterocycles. The van der Waals surface area contributed by atoms with Gasteiger partial charge in [-0.3, -0.25) is 0 Å². The molecule has 1 nitrogen and oxygen atoms in total. The molecule has 0 aromatic rings. The second kappa shape index (κ2) is 8.13. The first-order valence-corrected chi connectivity index (χ1v) is 6.95. The van der Waals surface area contributed by atoms with Crippen molar-refractivity contribution in [3.8, 4) is 0 Å². The van der Waals surface area contributed by atoms with Gasteiger partial charge in [0.05, 0.1) is 0 Å². The van der Waals surface area contributed by atoms with Crippen molar-refractivity contribution in [3.63, 3.8) is 0 Å². The van der Waals surface area contributed by atoms with Gasteiger partial charge in [0.25, 0.3) is 0 Å². The molecule has 0 atom stereocenters. The minimum absolute atomic E-state index is 0. The summed E-state index contributed by atoms with van der Waals surface area (Å²) in [7, 11) is -1.37. The first kappa shape index (κ1) is 19.4. The molecule has 0 aromatic heterocycles. The van der Waals surface area contributed by atoms with Crippen molar-refractivity contribution in [2.75, 3.05) is 0 Å². The third-order valence-corrected chi connectivity index (χ3v) is 1.91. The van der Waals surface area contributed by atoms with Gasteiger partial charge < -0.3 is 29.2 Å². The SMILES string of the molecule is C[Si](C)(C)OC1=[C-]CC=C1.[Cl-].[Cl-].[Ti+3]. The second-order valence-corrected chi connectivity index (χ2v) is 7.79. The van der Waals surface area contributed by atoms with Gasteiger partial charge in [-0.05, 0) is 19.6 Å². The number of hydrogen-bond donors (Lipinski definition) is 0. The standard InChI is InChI=1S/C8H13OSi.2ClH.Ti/c1-10(2,3)9-8-6-4-5-7-8;;;/h4,6H,5H2,1-3H3;2*1H;/q-1;;;+3/p-2. The van der Waals surface area contributed by atoms with Gasteiger partial charge >= 0.3 is 21.7 Å². The van der Waals surface area contributed by atoms with E-state index in [-0.39, 0.29) is 46.5 Å². The van der Waals surface area contributed by atoms with Crippen LogP contribution in [0.4, 0.5) is 0 Å². The number of halogens is 2. The summed E-state index contributed by atoms with van der Waals surface area (Å²) in [5.41, 5.74) is 0. The average molecular weight is 272 g/mol. The van der Waals surface area contributed by atoms with Gasteiger partial charge in [-0.2, -0.15) is 12.2 Å². The normalized spacial score (nSPS) is 13.3. The molecule has 0 spiro atoms. The average Bonchev–Trinajstić information content (AvgIpc) is 2.12. The summed E-state index contributed by atoms with van der Waals surface area (Å²) in [5, 5.41) is 0. The quantitative estimate of drug-likeness (QED) is 0.374. The van der Waals surface area contributed by atoms with Crippen molar-refractivity contribution in [3.05, 3.63) is 24.0 Å². The fourth-order valence-corrected chi connectivity index (χ4v) is 1.58. The summed E-state index contributed by atoms with van der Waals surface area (Å²) in [5.74, 6) is 0.944. The number of allylic oxidation sites excluding steroid dienone is 3. The van der Waals surface area contributed by atoms with Crippen LogP contribution in [0.3, 0.4) is 0 Å². The Morgan fingerprint density at radius 3 is 2.15 bits per heavy atom. The topological polar surface area (TPSA) is 9.23 Å². The van der Waals surface area contributed by atoms with Crippen molar-refractivity contribution in [2.45, 2.75) is 26.1 Å². The maximum absolute atomic E-state index is 5.66. The molecule has 0 unspecified atom stereocenters. The molecule has 0 fully saturated rings. The van der Waals surface area contributed by atoms with E-state index in [0.29, 0.717) is 0 Å². The Morgan fingerprint density at radius 2 is 1.85 bits per heavy atom. The van der Waals surface area contributed by atoms with E-state index in [0.717, 1.165) is 12.2 Å². The van der Waals surface area contributed by atoms with Crippen LogP contribution in [0.5, 0.6) is 0 Å². The summed E-state index contributed by atoms with van der Waals surface area (Å²) in [6, 6.07) is 0. The predicted molar refractivity (Wildman–Crippen MR) is 44.9 cm³/mol. The Morgan fingerprint density at radius 1 is 1.31 bits per heavy atom. The van der Waals surface area contributed by atoms with Gasteiger partial charge in [-0.15, -0.1) is 6.42 Å². The van der Waals surface area contributed by atoms with Crippen LogP contribution in [0.2, 0.25) is 19.6 Å². The largest absolute Gasteiger partial charge is 3.00 e. The minimum Gasteiger partial charge on any atom is -1.00 e. The second-order valence-electron chi connectivity index (χ2n) is 3.36. The summed E-state index contributed by atoms with van der Waals surface area (Å²) in [4.78, 5) is 0. The molecule has 0 bridgehead atoms. The molecule has 0 heterocycles. The maximum Gasteiger partial charge on any atom is 3.00 e. The summed E-state index contributed by atoms with van der Waals surface area (Å²) >= 11 is 0. The fourth-order valence-electron chi connectivity index (χ4n) is 0.784. The van der Waals surface area contributed by atoms with Gasteiger partial charge in [0.1, 0.15) is 0 Å². The Hall–Kier alpha value is 0.791.